The Morgan fingerprint density at radius 3 is 2.20 bits per heavy atom. The first-order valence-corrected chi connectivity index (χ1v) is 4.43. The van der Waals surface area contributed by atoms with Crippen LogP contribution in [0.2, 0.25) is 0 Å². The molecule has 0 unspecified atom stereocenters. The van der Waals surface area contributed by atoms with Crippen molar-refractivity contribution in [3.63, 3.8) is 0 Å². The molecular formula is C12H15Br2Zr-. The molecule has 82 valence electrons. The van der Waals surface area contributed by atoms with Crippen LogP contribution in [0.25, 0.3) is 10.8 Å². The third kappa shape index (κ3) is 3.87. The zero-order valence-corrected chi connectivity index (χ0v) is 14.7. The van der Waals surface area contributed by atoms with Crippen LogP contribution in [0, 0.1) is 0 Å². The van der Waals surface area contributed by atoms with Gasteiger partial charge < -0.3 is 0 Å². The molecule has 2 aromatic carbocycles. The van der Waals surface area contributed by atoms with Crippen LogP contribution in [0.4, 0.5) is 0 Å². The van der Waals surface area contributed by atoms with Crippen LogP contribution in [0.15, 0.2) is 36.4 Å². The van der Waals surface area contributed by atoms with Gasteiger partial charge in [-0.2, -0.15) is 6.07 Å². The predicted octanol–water partition coefficient (Wildman–Crippen LogP) is 4.84. The maximum Gasteiger partial charge on any atom is 0 e. The fourth-order valence-corrected chi connectivity index (χ4v) is 1.68. The number of benzene rings is 1. The van der Waals surface area contributed by atoms with E-state index in [1.807, 2.05) is 0 Å². The van der Waals surface area contributed by atoms with Crippen LogP contribution >= 0.6 is 34.0 Å². The van der Waals surface area contributed by atoms with Crippen LogP contribution in [0.1, 0.15) is 25.3 Å². The normalized spacial score (nSPS) is 9.00. The third-order valence-electron chi connectivity index (χ3n) is 2.34. The van der Waals surface area contributed by atoms with Crippen molar-refractivity contribution in [1.82, 2.24) is 0 Å². The van der Waals surface area contributed by atoms with Gasteiger partial charge >= 0.3 is 0 Å². The molecule has 15 heavy (non-hydrogen) atoms. The van der Waals surface area contributed by atoms with Crippen molar-refractivity contribution >= 4 is 44.7 Å². The Hall–Kier alpha value is 0.673. The topological polar surface area (TPSA) is 0 Å². The second kappa shape index (κ2) is 7.87. The van der Waals surface area contributed by atoms with Gasteiger partial charge in [0.05, 0.1) is 0 Å². The average Bonchev–Trinajstić information content (AvgIpc) is 2.47. The van der Waals surface area contributed by atoms with E-state index in [2.05, 4.69) is 50.2 Å². The maximum atomic E-state index is 2.24. The summed E-state index contributed by atoms with van der Waals surface area (Å²) in [6.45, 7) is 4.48. The van der Waals surface area contributed by atoms with Crippen molar-refractivity contribution in [2.75, 3.05) is 0 Å². The molecule has 0 nitrogen and oxygen atoms in total. The molecule has 0 aliphatic heterocycles. The number of hydrogen-bond acceptors (Lipinski definition) is 0. The smallest absolute Gasteiger partial charge is 0 e. The minimum atomic E-state index is 0. The number of rotatable bonds is 1. The van der Waals surface area contributed by atoms with E-state index < -0.39 is 0 Å². The monoisotopic (exact) mass is 407 g/mol. The summed E-state index contributed by atoms with van der Waals surface area (Å²) < 4.78 is 0. The summed E-state index contributed by atoms with van der Waals surface area (Å²) in [6, 6.07) is 13.0. The van der Waals surface area contributed by atoms with Crippen LogP contribution in [-0.2, 0) is 26.2 Å². The molecule has 2 aromatic rings. The van der Waals surface area contributed by atoms with Gasteiger partial charge in [-0.3, -0.25) is 0 Å². The van der Waals surface area contributed by atoms with Crippen molar-refractivity contribution in [2.45, 2.75) is 19.8 Å². The van der Waals surface area contributed by atoms with E-state index >= 15 is 0 Å². The van der Waals surface area contributed by atoms with Crippen LogP contribution in [0.3, 0.4) is 0 Å². The first-order valence-electron chi connectivity index (χ1n) is 4.43. The molecule has 0 N–H and O–H groups in total. The van der Waals surface area contributed by atoms with Gasteiger partial charge in [-0.05, 0) is 0 Å². The fraction of sp³-hybridized carbons (Fsp3) is 0.250. The molecule has 0 amide bonds. The number of fused-ring (bicyclic) bond motifs is 1. The first-order chi connectivity index (χ1) is 5.79. The predicted molar refractivity (Wildman–Crippen MR) is 74.3 cm³/mol. The molecule has 0 aliphatic carbocycles. The van der Waals surface area contributed by atoms with Gasteiger partial charge in [-0.1, -0.05) is 25.8 Å². The maximum absolute atomic E-state index is 2.24. The summed E-state index contributed by atoms with van der Waals surface area (Å²) in [6.07, 6.45) is 0. The zero-order chi connectivity index (χ0) is 8.55. The van der Waals surface area contributed by atoms with Gasteiger partial charge in [0, 0.05) is 26.2 Å². The standard InChI is InChI=1S/C12H13.2BrH.Zr/c1-9(2)11-8-7-10-5-3-4-6-12(10)11;;;/h3-9H,1-2H3;2*1H;/q-1;;;. The largest absolute Gasteiger partial charge is 0.168 e. The van der Waals surface area contributed by atoms with E-state index in [0.29, 0.717) is 5.92 Å². The fourth-order valence-electron chi connectivity index (χ4n) is 1.68. The second-order valence-electron chi connectivity index (χ2n) is 3.53. The van der Waals surface area contributed by atoms with Gasteiger partial charge in [0.25, 0.3) is 0 Å². The van der Waals surface area contributed by atoms with Gasteiger partial charge in [-0.15, -0.1) is 74.6 Å². The van der Waals surface area contributed by atoms with Gasteiger partial charge in [0.2, 0.25) is 0 Å². The molecule has 0 aromatic heterocycles. The molecular weight excluding hydrogens is 395 g/mol. The van der Waals surface area contributed by atoms with Crippen molar-refractivity contribution in [3.8, 4) is 0 Å². The van der Waals surface area contributed by atoms with Crippen LogP contribution in [0.5, 0.6) is 0 Å². The van der Waals surface area contributed by atoms with Crippen LogP contribution in [-0.4, -0.2) is 0 Å². The molecule has 0 heterocycles. The Labute approximate surface area is 131 Å². The summed E-state index contributed by atoms with van der Waals surface area (Å²) in [7, 11) is 0. The minimum Gasteiger partial charge on any atom is -0.168 e. The molecule has 2 rings (SSSR count). The SMILES string of the molecule is Br.Br.CC(C)[c-]1ccc2ccccc21.[Zr]. The molecule has 0 bridgehead atoms. The summed E-state index contributed by atoms with van der Waals surface area (Å²) in [4.78, 5) is 0. The Balaban J connectivity index is 0. The zero-order valence-electron chi connectivity index (χ0n) is 8.86. The van der Waals surface area contributed by atoms with E-state index in [4.69, 9.17) is 0 Å². The quantitative estimate of drug-likeness (QED) is 0.591. The molecule has 0 atom stereocenters. The second-order valence-corrected chi connectivity index (χ2v) is 3.53. The Morgan fingerprint density at radius 1 is 1.00 bits per heavy atom. The summed E-state index contributed by atoms with van der Waals surface area (Å²) in [5, 5.41) is 2.77. The van der Waals surface area contributed by atoms with E-state index in [0.717, 1.165) is 0 Å². The Morgan fingerprint density at radius 2 is 1.60 bits per heavy atom. The molecule has 0 radical (unpaired) electrons. The van der Waals surface area contributed by atoms with Crippen molar-refractivity contribution < 1.29 is 26.2 Å². The van der Waals surface area contributed by atoms with Crippen molar-refractivity contribution in [1.29, 1.82) is 0 Å². The number of halogens is 2. The summed E-state index contributed by atoms with van der Waals surface area (Å²) in [5.74, 6) is 0.630. The van der Waals surface area contributed by atoms with Crippen LogP contribution < -0.4 is 0 Å². The van der Waals surface area contributed by atoms with E-state index in [9.17, 15) is 0 Å². The number of hydrogen-bond donors (Lipinski definition) is 0. The molecule has 0 saturated carbocycles. The van der Waals surface area contributed by atoms with E-state index in [1.165, 1.54) is 16.3 Å². The first kappa shape index (κ1) is 18.0. The van der Waals surface area contributed by atoms with Gasteiger partial charge in [0.15, 0.2) is 0 Å². The molecule has 0 fully saturated rings. The van der Waals surface area contributed by atoms with Gasteiger partial charge in [-0.25, -0.2) is 0 Å². The molecule has 3 heteroatoms. The molecule has 0 spiro atoms. The van der Waals surface area contributed by atoms with E-state index in [1.54, 1.807) is 0 Å². The minimum absolute atomic E-state index is 0. The van der Waals surface area contributed by atoms with E-state index in [-0.39, 0.29) is 60.2 Å². The van der Waals surface area contributed by atoms with Crippen molar-refractivity contribution in [2.24, 2.45) is 0 Å². The Bertz CT molecular complexity index is 393. The summed E-state index contributed by atoms with van der Waals surface area (Å²) >= 11 is 0. The summed E-state index contributed by atoms with van der Waals surface area (Å²) in [5.41, 5.74) is 1.46. The molecule has 0 aliphatic rings. The third-order valence-corrected chi connectivity index (χ3v) is 2.34. The Kier molecular flexibility index (Phi) is 9.47. The van der Waals surface area contributed by atoms with Gasteiger partial charge in [0.1, 0.15) is 0 Å². The van der Waals surface area contributed by atoms with Crippen molar-refractivity contribution in [3.05, 3.63) is 42.0 Å². The molecule has 0 saturated heterocycles. The average molecular weight is 410 g/mol.